The minimum Gasteiger partial charge on any atom is -0.467 e. The van der Waals surface area contributed by atoms with E-state index in [1.165, 1.54) is 7.11 Å². The molecule has 0 saturated heterocycles. The summed E-state index contributed by atoms with van der Waals surface area (Å²) in [5, 5.41) is 5.68. The van der Waals surface area contributed by atoms with Gasteiger partial charge in [0, 0.05) is 23.5 Å². The number of alkyl carbamates (subject to hydrolysis) is 2. The lowest BCUT2D eigenvalue weighted by atomic mass is 10.1. The standard InChI is InChI=1S/C23H32N4O6/c1-22(2,3)32-20(29)26-19(27-21(30)33-23(4,5)6)25-17(18(28)31-7)12-14-13-24-16-11-9-8-10-15(14)16/h8-11,13,17,24H,12H2,1-7H3,(H2,25,26,27,29,30)/t17-/m0/s1. The van der Waals surface area contributed by atoms with Gasteiger partial charge in [-0.1, -0.05) is 18.2 Å². The van der Waals surface area contributed by atoms with E-state index in [0.29, 0.717) is 0 Å². The summed E-state index contributed by atoms with van der Waals surface area (Å²) >= 11 is 0. The molecule has 2 rings (SSSR count). The number of aliphatic imine (C=N–C) groups is 1. The maximum Gasteiger partial charge on any atom is 0.414 e. The molecule has 33 heavy (non-hydrogen) atoms. The first-order valence-electron chi connectivity index (χ1n) is 10.5. The Kier molecular flexibility index (Phi) is 8.08. The fourth-order valence-electron chi connectivity index (χ4n) is 2.88. The number of aromatic amines is 1. The largest absolute Gasteiger partial charge is 0.467 e. The fraction of sp³-hybridized carbons (Fsp3) is 0.478. The number of ether oxygens (including phenoxy) is 3. The average molecular weight is 461 g/mol. The van der Waals surface area contributed by atoms with E-state index in [0.717, 1.165) is 16.5 Å². The van der Waals surface area contributed by atoms with Crippen LogP contribution in [0.5, 0.6) is 0 Å². The SMILES string of the molecule is COC(=O)[C@H](Cc1c[nH]c2ccccc12)N=C(NC(=O)OC(C)(C)C)NC(=O)OC(C)(C)C. The van der Waals surface area contributed by atoms with Crippen molar-refractivity contribution in [2.45, 2.75) is 65.2 Å². The second kappa shape index (κ2) is 10.4. The van der Waals surface area contributed by atoms with Crippen LogP contribution in [0, 0.1) is 0 Å². The van der Waals surface area contributed by atoms with E-state index < -0.39 is 35.4 Å². The Labute approximate surface area is 193 Å². The van der Waals surface area contributed by atoms with Crippen LogP contribution in [0.1, 0.15) is 47.1 Å². The highest BCUT2D eigenvalue weighted by atomic mass is 16.6. The Morgan fingerprint density at radius 1 is 0.970 bits per heavy atom. The first-order chi connectivity index (χ1) is 15.3. The number of fused-ring (bicyclic) bond motifs is 1. The fourth-order valence-corrected chi connectivity index (χ4v) is 2.88. The molecule has 0 bridgehead atoms. The van der Waals surface area contributed by atoms with E-state index in [1.807, 2.05) is 24.3 Å². The summed E-state index contributed by atoms with van der Waals surface area (Å²) in [6, 6.07) is 6.54. The van der Waals surface area contributed by atoms with Crippen molar-refractivity contribution in [2.75, 3.05) is 7.11 Å². The minimum atomic E-state index is -1.06. The Bertz CT molecular complexity index is 997. The highest BCUT2D eigenvalue weighted by Crippen LogP contribution is 2.20. The van der Waals surface area contributed by atoms with Crippen molar-refractivity contribution < 1.29 is 28.6 Å². The van der Waals surface area contributed by atoms with E-state index in [9.17, 15) is 14.4 Å². The van der Waals surface area contributed by atoms with Crippen molar-refractivity contribution >= 4 is 35.0 Å². The van der Waals surface area contributed by atoms with E-state index >= 15 is 0 Å². The van der Waals surface area contributed by atoms with Gasteiger partial charge in [-0.2, -0.15) is 0 Å². The normalized spacial score (nSPS) is 12.5. The lowest BCUT2D eigenvalue weighted by Gasteiger charge is -2.22. The number of hydrogen-bond donors (Lipinski definition) is 3. The molecule has 2 aromatic rings. The highest BCUT2D eigenvalue weighted by Gasteiger charge is 2.25. The molecule has 1 atom stereocenters. The third-order valence-corrected chi connectivity index (χ3v) is 4.09. The van der Waals surface area contributed by atoms with Crippen LogP contribution in [-0.4, -0.2) is 53.5 Å². The number of rotatable bonds is 4. The predicted molar refractivity (Wildman–Crippen MR) is 124 cm³/mol. The molecule has 180 valence electrons. The lowest BCUT2D eigenvalue weighted by Crippen LogP contribution is -2.48. The molecular weight excluding hydrogens is 428 g/mol. The van der Waals surface area contributed by atoms with Crippen molar-refractivity contribution in [3.8, 4) is 0 Å². The number of aromatic nitrogens is 1. The van der Waals surface area contributed by atoms with Crippen LogP contribution in [0.3, 0.4) is 0 Å². The van der Waals surface area contributed by atoms with Gasteiger partial charge >= 0.3 is 18.2 Å². The summed E-state index contributed by atoms with van der Waals surface area (Å²) < 4.78 is 15.4. The van der Waals surface area contributed by atoms with Crippen LogP contribution >= 0.6 is 0 Å². The van der Waals surface area contributed by atoms with Gasteiger partial charge < -0.3 is 19.2 Å². The maximum absolute atomic E-state index is 12.5. The van der Waals surface area contributed by atoms with Crippen molar-refractivity contribution in [1.82, 2.24) is 15.6 Å². The van der Waals surface area contributed by atoms with Gasteiger partial charge in [-0.25, -0.2) is 19.4 Å². The summed E-state index contributed by atoms with van der Waals surface area (Å²) in [5.41, 5.74) is 0.150. The zero-order valence-electron chi connectivity index (χ0n) is 20.1. The van der Waals surface area contributed by atoms with Gasteiger partial charge in [-0.15, -0.1) is 0 Å². The van der Waals surface area contributed by atoms with E-state index in [-0.39, 0.29) is 12.4 Å². The number of carbonyl (C=O) groups is 3. The Hall–Kier alpha value is -3.56. The third kappa shape index (κ3) is 8.47. The first kappa shape index (κ1) is 25.7. The third-order valence-electron chi connectivity index (χ3n) is 4.09. The molecule has 1 aromatic carbocycles. The van der Waals surface area contributed by atoms with Crippen LogP contribution < -0.4 is 10.6 Å². The number of carbonyl (C=O) groups excluding carboxylic acids is 3. The summed E-state index contributed by atoms with van der Waals surface area (Å²) in [6.07, 6.45) is 0.228. The number of H-pyrrole nitrogens is 1. The zero-order valence-corrected chi connectivity index (χ0v) is 20.1. The van der Waals surface area contributed by atoms with Crippen LogP contribution in [-0.2, 0) is 25.4 Å². The van der Waals surface area contributed by atoms with E-state index in [4.69, 9.17) is 14.2 Å². The average Bonchev–Trinajstić information content (AvgIpc) is 3.06. The summed E-state index contributed by atoms with van der Waals surface area (Å²) in [5.74, 6) is -0.941. The summed E-state index contributed by atoms with van der Waals surface area (Å²) in [6.45, 7) is 10.2. The van der Waals surface area contributed by atoms with Crippen molar-refractivity contribution in [3.05, 3.63) is 36.0 Å². The number of guanidine groups is 1. The number of nitrogens with one attached hydrogen (secondary N) is 3. The van der Waals surface area contributed by atoms with Gasteiger partial charge in [0.2, 0.25) is 5.96 Å². The van der Waals surface area contributed by atoms with Gasteiger partial charge in [-0.05, 0) is 53.2 Å². The quantitative estimate of drug-likeness (QED) is 0.276. The Morgan fingerprint density at radius 3 is 2.03 bits per heavy atom. The van der Waals surface area contributed by atoms with Gasteiger partial charge in [0.1, 0.15) is 11.2 Å². The van der Waals surface area contributed by atoms with Crippen LogP contribution in [0.15, 0.2) is 35.5 Å². The number of nitrogens with zero attached hydrogens (tertiary/aromatic N) is 1. The molecule has 1 heterocycles. The van der Waals surface area contributed by atoms with Gasteiger partial charge in [0.25, 0.3) is 0 Å². The topological polar surface area (TPSA) is 131 Å². The monoisotopic (exact) mass is 460 g/mol. The first-order valence-corrected chi connectivity index (χ1v) is 10.5. The molecule has 3 N–H and O–H groups in total. The van der Waals surface area contributed by atoms with Crippen molar-refractivity contribution in [2.24, 2.45) is 4.99 Å². The molecule has 0 radical (unpaired) electrons. The second-order valence-electron chi connectivity index (χ2n) is 9.33. The molecule has 10 heteroatoms. The molecular formula is C23H32N4O6. The predicted octanol–water partition coefficient (Wildman–Crippen LogP) is 3.66. The number of methoxy groups -OCH3 is 1. The molecule has 0 unspecified atom stereocenters. The number of hydrogen-bond acceptors (Lipinski definition) is 7. The molecule has 10 nitrogen and oxygen atoms in total. The highest BCUT2D eigenvalue weighted by molar-refractivity contribution is 6.02. The minimum absolute atomic E-state index is 0.159. The molecule has 0 saturated carbocycles. The molecule has 0 aliphatic carbocycles. The van der Waals surface area contributed by atoms with E-state index in [2.05, 4.69) is 20.6 Å². The molecule has 0 spiro atoms. The lowest BCUT2D eigenvalue weighted by molar-refractivity contribution is -0.142. The van der Waals surface area contributed by atoms with Crippen LogP contribution in [0.4, 0.5) is 9.59 Å². The molecule has 0 aliphatic heterocycles. The molecule has 0 aliphatic rings. The van der Waals surface area contributed by atoms with Gasteiger partial charge in [-0.3, -0.25) is 10.6 Å². The Balaban J connectivity index is 2.35. The number of amides is 2. The van der Waals surface area contributed by atoms with E-state index in [1.54, 1.807) is 47.7 Å². The number of benzene rings is 1. The zero-order chi connectivity index (χ0) is 24.8. The van der Waals surface area contributed by atoms with Crippen molar-refractivity contribution in [3.63, 3.8) is 0 Å². The summed E-state index contributed by atoms with van der Waals surface area (Å²) in [4.78, 5) is 44.6. The maximum atomic E-state index is 12.5. The van der Waals surface area contributed by atoms with Gasteiger partial charge in [0.15, 0.2) is 6.04 Å². The molecule has 0 fully saturated rings. The second-order valence-corrected chi connectivity index (χ2v) is 9.33. The van der Waals surface area contributed by atoms with Gasteiger partial charge in [0.05, 0.1) is 7.11 Å². The van der Waals surface area contributed by atoms with Crippen molar-refractivity contribution in [1.29, 1.82) is 0 Å². The molecule has 2 amide bonds. The number of esters is 1. The smallest absolute Gasteiger partial charge is 0.414 e. The van der Waals surface area contributed by atoms with Crippen LogP contribution in [0.25, 0.3) is 10.9 Å². The summed E-state index contributed by atoms with van der Waals surface area (Å²) in [7, 11) is 1.24. The molecule has 1 aromatic heterocycles. The van der Waals surface area contributed by atoms with Crippen LogP contribution in [0.2, 0.25) is 0 Å². The Morgan fingerprint density at radius 2 is 1.52 bits per heavy atom. The number of para-hydroxylation sites is 1.